The van der Waals surface area contributed by atoms with E-state index in [-0.39, 0.29) is 11.7 Å². The highest BCUT2D eigenvalue weighted by Gasteiger charge is 2.14. The van der Waals surface area contributed by atoms with Crippen LogP contribution in [0.2, 0.25) is 0 Å². The largest absolute Gasteiger partial charge is 0.435 e. The van der Waals surface area contributed by atoms with Crippen LogP contribution in [-0.2, 0) is 4.79 Å². The predicted molar refractivity (Wildman–Crippen MR) is 106 cm³/mol. The number of para-hydroxylation sites is 1. The lowest BCUT2D eigenvalue weighted by Crippen LogP contribution is -2.35. The minimum Gasteiger partial charge on any atom is -0.435 e. The molecular formula is C19H18F2N4O2S. The molecule has 0 bridgehead atoms. The third-order valence-corrected chi connectivity index (χ3v) is 4.81. The van der Waals surface area contributed by atoms with Gasteiger partial charge < -0.3 is 10.1 Å². The number of thiazole rings is 1. The molecule has 0 spiro atoms. The molecule has 1 aromatic heterocycles. The Morgan fingerprint density at radius 2 is 2.00 bits per heavy atom. The number of hydrogen-bond acceptors (Lipinski definition) is 6. The minimum atomic E-state index is -2.90. The number of nitrogens with one attached hydrogen (secondary N) is 2. The van der Waals surface area contributed by atoms with Crippen LogP contribution in [0, 0.1) is 0 Å². The normalized spacial score (nSPS) is 12.8. The number of ether oxygens (including phenoxy) is 1. The number of anilines is 1. The molecule has 2 N–H and O–H groups in total. The lowest BCUT2D eigenvalue weighted by atomic mass is 10.1. The van der Waals surface area contributed by atoms with Crippen molar-refractivity contribution in [3.63, 3.8) is 0 Å². The summed E-state index contributed by atoms with van der Waals surface area (Å²) in [4.78, 5) is 16.7. The summed E-state index contributed by atoms with van der Waals surface area (Å²) < 4.78 is 30.0. The summed E-state index contributed by atoms with van der Waals surface area (Å²) in [5.41, 5.74) is 4.35. The van der Waals surface area contributed by atoms with Gasteiger partial charge in [0.05, 0.1) is 15.9 Å². The molecule has 1 heterocycles. The third kappa shape index (κ3) is 5.01. The number of halogens is 2. The number of hydrogen-bond donors (Lipinski definition) is 2. The van der Waals surface area contributed by atoms with Crippen LogP contribution in [0.15, 0.2) is 53.6 Å². The Labute approximate surface area is 164 Å². The molecule has 3 aromatic rings. The zero-order chi connectivity index (χ0) is 20.1. The lowest BCUT2D eigenvalue weighted by Gasteiger charge is -2.11. The molecular weight excluding hydrogens is 386 g/mol. The van der Waals surface area contributed by atoms with E-state index in [1.54, 1.807) is 26.0 Å². The van der Waals surface area contributed by atoms with E-state index < -0.39 is 12.7 Å². The molecule has 0 saturated heterocycles. The topological polar surface area (TPSA) is 75.6 Å². The number of benzene rings is 2. The van der Waals surface area contributed by atoms with Gasteiger partial charge in [-0.15, -0.1) is 0 Å². The second-order valence-corrected chi connectivity index (χ2v) is 6.96. The van der Waals surface area contributed by atoms with Gasteiger partial charge in [0.2, 0.25) is 0 Å². The lowest BCUT2D eigenvalue weighted by molar-refractivity contribution is -0.121. The molecule has 0 saturated carbocycles. The number of carbonyl (C=O) groups is 1. The van der Waals surface area contributed by atoms with E-state index in [0.29, 0.717) is 16.4 Å². The summed E-state index contributed by atoms with van der Waals surface area (Å²) in [6, 6.07) is 13.2. The molecule has 3 rings (SSSR count). The molecule has 6 nitrogen and oxygen atoms in total. The van der Waals surface area contributed by atoms with Crippen LogP contribution < -0.4 is 15.5 Å². The van der Waals surface area contributed by atoms with E-state index in [1.807, 2.05) is 24.3 Å². The zero-order valence-corrected chi connectivity index (χ0v) is 16.0. The van der Waals surface area contributed by atoms with E-state index in [2.05, 4.69) is 25.6 Å². The molecule has 9 heteroatoms. The fourth-order valence-electron chi connectivity index (χ4n) is 2.38. The molecule has 28 heavy (non-hydrogen) atoms. The number of alkyl halides is 2. The van der Waals surface area contributed by atoms with Crippen molar-refractivity contribution in [1.82, 2.24) is 10.4 Å². The van der Waals surface area contributed by atoms with E-state index in [0.717, 1.165) is 10.2 Å². The van der Waals surface area contributed by atoms with Crippen molar-refractivity contribution in [2.75, 3.05) is 5.32 Å². The van der Waals surface area contributed by atoms with Gasteiger partial charge in [0, 0.05) is 5.56 Å². The number of carbonyl (C=O) groups excluding carboxylic acids is 1. The van der Waals surface area contributed by atoms with Crippen LogP contribution in [0.3, 0.4) is 0 Å². The molecule has 2 aromatic carbocycles. The molecule has 0 unspecified atom stereocenters. The fourth-order valence-corrected chi connectivity index (χ4v) is 3.34. The van der Waals surface area contributed by atoms with Crippen molar-refractivity contribution in [2.24, 2.45) is 5.10 Å². The Bertz CT molecular complexity index is 973. The van der Waals surface area contributed by atoms with Gasteiger partial charge in [-0.3, -0.25) is 4.79 Å². The number of nitrogens with zero attached hydrogens (tertiary/aromatic N) is 2. The van der Waals surface area contributed by atoms with Crippen LogP contribution in [0.4, 0.5) is 13.9 Å². The van der Waals surface area contributed by atoms with Crippen LogP contribution in [0.1, 0.15) is 19.4 Å². The molecule has 0 aliphatic heterocycles. The van der Waals surface area contributed by atoms with Crippen LogP contribution >= 0.6 is 11.3 Å². The number of aromatic nitrogens is 1. The van der Waals surface area contributed by atoms with Gasteiger partial charge in [-0.2, -0.15) is 13.9 Å². The van der Waals surface area contributed by atoms with E-state index in [9.17, 15) is 13.6 Å². The molecule has 0 aliphatic rings. The van der Waals surface area contributed by atoms with Gasteiger partial charge >= 0.3 is 6.61 Å². The maximum Gasteiger partial charge on any atom is 0.387 e. The maximum atomic E-state index is 12.3. The monoisotopic (exact) mass is 404 g/mol. The van der Waals surface area contributed by atoms with E-state index >= 15 is 0 Å². The zero-order valence-electron chi connectivity index (χ0n) is 15.1. The molecule has 0 aliphatic carbocycles. The van der Waals surface area contributed by atoms with Gasteiger partial charge in [-0.25, -0.2) is 10.4 Å². The first-order chi connectivity index (χ1) is 13.4. The number of fused-ring (bicyclic) bond motifs is 1. The van der Waals surface area contributed by atoms with E-state index in [1.165, 1.54) is 23.5 Å². The first kappa shape index (κ1) is 19.7. The van der Waals surface area contributed by atoms with Crippen molar-refractivity contribution in [1.29, 1.82) is 0 Å². The highest BCUT2D eigenvalue weighted by Crippen LogP contribution is 2.25. The number of amides is 1. The predicted octanol–water partition coefficient (Wildman–Crippen LogP) is 4.24. The summed E-state index contributed by atoms with van der Waals surface area (Å²) in [5.74, 6) is -0.321. The summed E-state index contributed by atoms with van der Waals surface area (Å²) in [6.45, 7) is 0.457. The maximum absolute atomic E-state index is 12.3. The average molecular weight is 404 g/mol. The second-order valence-electron chi connectivity index (χ2n) is 5.93. The SMILES string of the molecule is C/C(=N/NC(=O)[C@H](C)Nc1nc2ccccc2s1)c1cccc(OC(F)F)c1. The van der Waals surface area contributed by atoms with Crippen molar-refractivity contribution >= 4 is 38.3 Å². The minimum absolute atomic E-state index is 0.0271. The van der Waals surface area contributed by atoms with Gasteiger partial charge in [0.25, 0.3) is 5.91 Å². The van der Waals surface area contributed by atoms with Crippen molar-refractivity contribution < 1.29 is 18.3 Å². The highest BCUT2D eigenvalue weighted by atomic mass is 32.1. The quantitative estimate of drug-likeness (QED) is 0.456. The molecule has 0 fully saturated rings. The van der Waals surface area contributed by atoms with Crippen molar-refractivity contribution in [3.8, 4) is 5.75 Å². The molecule has 1 atom stereocenters. The van der Waals surface area contributed by atoms with Crippen LogP contribution in [0.5, 0.6) is 5.75 Å². The standard InChI is InChI=1S/C19H18F2N4O2S/c1-11(13-6-5-7-14(10-13)27-18(20)21)24-25-17(26)12(2)22-19-23-15-8-3-4-9-16(15)28-19/h3-10,12,18H,1-2H3,(H,22,23)(H,25,26)/b24-11-/t12-/m0/s1. The van der Waals surface area contributed by atoms with Crippen molar-refractivity contribution in [3.05, 3.63) is 54.1 Å². The van der Waals surface area contributed by atoms with Gasteiger partial charge in [-0.05, 0) is 38.1 Å². The Balaban J connectivity index is 1.61. The number of rotatable bonds is 7. The second kappa shape index (κ2) is 8.75. The van der Waals surface area contributed by atoms with E-state index in [4.69, 9.17) is 0 Å². The van der Waals surface area contributed by atoms with Crippen molar-refractivity contribution in [2.45, 2.75) is 26.5 Å². The first-order valence-corrected chi connectivity index (χ1v) is 9.25. The first-order valence-electron chi connectivity index (χ1n) is 8.44. The molecule has 1 amide bonds. The van der Waals surface area contributed by atoms with Gasteiger partial charge in [0.1, 0.15) is 11.8 Å². The average Bonchev–Trinajstić information content (AvgIpc) is 3.07. The fraction of sp³-hybridized carbons (Fsp3) is 0.211. The Hall–Kier alpha value is -3.07. The Kier molecular flexibility index (Phi) is 6.15. The molecule has 146 valence electrons. The number of hydrazone groups is 1. The summed E-state index contributed by atoms with van der Waals surface area (Å²) in [7, 11) is 0. The highest BCUT2D eigenvalue weighted by molar-refractivity contribution is 7.22. The Morgan fingerprint density at radius 3 is 2.75 bits per heavy atom. The Morgan fingerprint density at radius 1 is 1.21 bits per heavy atom. The van der Waals surface area contributed by atoms with Gasteiger partial charge in [-0.1, -0.05) is 35.6 Å². The summed E-state index contributed by atoms with van der Waals surface area (Å²) >= 11 is 1.46. The smallest absolute Gasteiger partial charge is 0.387 e. The van der Waals surface area contributed by atoms with Gasteiger partial charge in [0.15, 0.2) is 5.13 Å². The summed E-state index contributed by atoms with van der Waals surface area (Å²) in [6.07, 6.45) is 0. The molecule has 0 radical (unpaired) electrons. The van der Waals surface area contributed by atoms with Crippen LogP contribution in [-0.4, -0.2) is 29.3 Å². The summed E-state index contributed by atoms with van der Waals surface area (Å²) in [5, 5.41) is 7.73. The van der Waals surface area contributed by atoms with Crippen LogP contribution in [0.25, 0.3) is 10.2 Å². The third-order valence-electron chi connectivity index (χ3n) is 3.84.